The quantitative estimate of drug-likeness (QED) is 0.889. The maximum Gasteiger partial charge on any atom is 0.270 e. The van der Waals surface area contributed by atoms with Gasteiger partial charge in [-0.05, 0) is 37.3 Å². The lowest BCUT2D eigenvalue weighted by Crippen LogP contribution is -2.46. The smallest absolute Gasteiger partial charge is 0.270 e. The Bertz CT molecular complexity index is 710. The van der Waals surface area contributed by atoms with E-state index in [9.17, 15) is 9.90 Å². The number of para-hydroxylation sites is 1. The normalized spacial score (nSPS) is 21.5. The van der Waals surface area contributed by atoms with Crippen molar-refractivity contribution in [1.29, 1.82) is 0 Å². The molecule has 1 fully saturated rings. The van der Waals surface area contributed by atoms with Crippen molar-refractivity contribution in [3.05, 3.63) is 36.0 Å². The number of aliphatic hydroxyl groups is 1. The fourth-order valence-electron chi connectivity index (χ4n) is 3.18. The molecule has 3 rings (SSSR count). The molecule has 2 N–H and O–H groups in total. The van der Waals surface area contributed by atoms with Crippen molar-refractivity contribution in [3.63, 3.8) is 0 Å². The van der Waals surface area contributed by atoms with Gasteiger partial charge in [0, 0.05) is 17.5 Å². The van der Waals surface area contributed by atoms with Gasteiger partial charge in [0.25, 0.3) is 5.91 Å². The van der Waals surface area contributed by atoms with E-state index in [2.05, 4.69) is 10.3 Å². The molecule has 2 aromatic rings. The molecule has 1 saturated carbocycles. The molecule has 0 unspecified atom stereocenters. The Morgan fingerprint density at radius 1 is 1.43 bits per heavy atom. The molecule has 1 heterocycles. The Balaban J connectivity index is 1.82. The van der Waals surface area contributed by atoms with Gasteiger partial charge in [0.1, 0.15) is 11.4 Å². The minimum absolute atomic E-state index is 0.0742. The highest BCUT2D eigenvalue weighted by molar-refractivity contribution is 5.97. The van der Waals surface area contributed by atoms with Crippen molar-refractivity contribution in [2.24, 2.45) is 5.92 Å². The van der Waals surface area contributed by atoms with Crippen LogP contribution >= 0.6 is 0 Å². The number of ether oxygens (including phenoxy) is 1. The molecule has 0 saturated heterocycles. The van der Waals surface area contributed by atoms with E-state index in [1.807, 2.05) is 31.2 Å². The zero-order valence-corrected chi connectivity index (χ0v) is 13.5. The Labute approximate surface area is 135 Å². The van der Waals surface area contributed by atoms with Crippen molar-refractivity contribution in [2.75, 3.05) is 7.11 Å². The number of rotatable bonds is 5. The van der Waals surface area contributed by atoms with Gasteiger partial charge in [0.2, 0.25) is 0 Å². The summed E-state index contributed by atoms with van der Waals surface area (Å²) >= 11 is 0. The topological polar surface area (TPSA) is 71.5 Å². The van der Waals surface area contributed by atoms with Crippen LogP contribution in [-0.2, 0) is 0 Å². The molecule has 0 radical (unpaired) electrons. The van der Waals surface area contributed by atoms with Gasteiger partial charge in [0.15, 0.2) is 0 Å². The second kappa shape index (κ2) is 6.54. The molecule has 1 aromatic heterocycles. The predicted octanol–water partition coefficient (Wildman–Crippen LogP) is 2.52. The summed E-state index contributed by atoms with van der Waals surface area (Å²) in [6, 6.07) is 9.36. The number of carbonyl (C=O) groups excluding carboxylic acids is 1. The van der Waals surface area contributed by atoms with Crippen LogP contribution in [0.15, 0.2) is 30.3 Å². The summed E-state index contributed by atoms with van der Waals surface area (Å²) in [5.74, 6) is 0.802. The molecular weight excluding hydrogens is 292 g/mol. The van der Waals surface area contributed by atoms with Crippen molar-refractivity contribution in [1.82, 2.24) is 10.3 Å². The first-order valence-electron chi connectivity index (χ1n) is 8.05. The average molecular weight is 314 g/mol. The fraction of sp³-hybridized carbons (Fsp3) is 0.444. The van der Waals surface area contributed by atoms with E-state index in [4.69, 9.17) is 4.74 Å². The van der Waals surface area contributed by atoms with Crippen LogP contribution in [0.2, 0.25) is 0 Å². The number of carbonyl (C=O) groups is 1. The number of amides is 1. The highest BCUT2D eigenvalue weighted by Gasteiger charge is 2.34. The molecule has 5 nitrogen and oxygen atoms in total. The molecule has 0 bridgehead atoms. The van der Waals surface area contributed by atoms with Crippen LogP contribution in [0.1, 0.15) is 36.7 Å². The second-order valence-electron chi connectivity index (χ2n) is 6.10. The third-order valence-corrected chi connectivity index (χ3v) is 4.61. The van der Waals surface area contributed by atoms with Gasteiger partial charge in [-0.15, -0.1) is 0 Å². The van der Waals surface area contributed by atoms with Gasteiger partial charge in [-0.1, -0.05) is 19.1 Å². The van der Waals surface area contributed by atoms with Crippen LogP contribution in [0.25, 0.3) is 10.9 Å². The molecular formula is C18H22N2O3. The van der Waals surface area contributed by atoms with E-state index in [0.29, 0.717) is 17.4 Å². The van der Waals surface area contributed by atoms with E-state index < -0.39 is 0 Å². The summed E-state index contributed by atoms with van der Waals surface area (Å²) in [5, 5.41) is 13.4. The minimum Gasteiger partial charge on any atom is -0.496 e. The minimum atomic E-state index is -0.218. The number of hydrogen-bond acceptors (Lipinski definition) is 4. The highest BCUT2D eigenvalue weighted by atomic mass is 16.5. The molecule has 122 valence electrons. The summed E-state index contributed by atoms with van der Waals surface area (Å²) < 4.78 is 5.39. The van der Waals surface area contributed by atoms with E-state index in [1.54, 1.807) is 13.2 Å². The Morgan fingerprint density at radius 3 is 2.83 bits per heavy atom. The molecule has 1 aliphatic rings. The lowest BCUT2D eigenvalue weighted by atomic mass is 9.76. The Kier molecular flexibility index (Phi) is 4.48. The van der Waals surface area contributed by atoms with Gasteiger partial charge in [-0.2, -0.15) is 0 Å². The predicted molar refractivity (Wildman–Crippen MR) is 88.6 cm³/mol. The number of fused-ring (bicyclic) bond motifs is 1. The van der Waals surface area contributed by atoms with E-state index >= 15 is 0 Å². The zero-order chi connectivity index (χ0) is 16.4. The van der Waals surface area contributed by atoms with Crippen molar-refractivity contribution in [3.8, 4) is 5.75 Å². The highest BCUT2D eigenvalue weighted by Crippen LogP contribution is 2.32. The van der Waals surface area contributed by atoms with Gasteiger partial charge in [-0.3, -0.25) is 4.79 Å². The molecule has 5 heteroatoms. The van der Waals surface area contributed by atoms with E-state index in [0.717, 1.165) is 30.2 Å². The van der Waals surface area contributed by atoms with Crippen LogP contribution in [0, 0.1) is 5.92 Å². The average Bonchev–Trinajstić information content (AvgIpc) is 2.55. The van der Waals surface area contributed by atoms with E-state index in [-0.39, 0.29) is 18.1 Å². The monoisotopic (exact) mass is 314 g/mol. The third kappa shape index (κ3) is 3.15. The standard InChI is InChI=1S/C18H22N2O3/c1-3-14(11-8-12(21)9-11)20-18(22)16-10-17(23-2)13-6-4-5-7-15(13)19-16/h4-7,10-12,14,21H,3,8-9H2,1-2H3,(H,20,22)/t11?,12?,14-/m0/s1. The maximum absolute atomic E-state index is 12.6. The summed E-state index contributed by atoms with van der Waals surface area (Å²) in [6.45, 7) is 2.05. The summed E-state index contributed by atoms with van der Waals surface area (Å²) in [7, 11) is 1.59. The lowest BCUT2D eigenvalue weighted by molar-refractivity contribution is 0.0232. The van der Waals surface area contributed by atoms with Gasteiger partial charge in [0.05, 0.1) is 18.7 Å². The van der Waals surface area contributed by atoms with Crippen molar-refractivity contribution < 1.29 is 14.6 Å². The first-order chi connectivity index (χ1) is 11.1. The molecule has 1 amide bonds. The third-order valence-electron chi connectivity index (χ3n) is 4.61. The molecule has 23 heavy (non-hydrogen) atoms. The molecule has 1 aromatic carbocycles. The van der Waals surface area contributed by atoms with Crippen LogP contribution in [0.5, 0.6) is 5.75 Å². The summed E-state index contributed by atoms with van der Waals surface area (Å²) in [5.41, 5.74) is 1.10. The van der Waals surface area contributed by atoms with Crippen LogP contribution in [0.3, 0.4) is 0 Å². The van der Waals surface area contributed by atoms with E-state index in [1.165, 1.54) is 0 Å². The Morgan fingerprint density at radius 2 is 2.17 bits per heavy atom. The van der Waals surface area contributed by atoms with Crippen molar-refractivity contribution >= 4 is 16.8 Å². The number of benzene rings is 1. The summed E-state index contributed by atoms with van der Waals surface area (Å²) in [4.78, 5) is 17.0. The molecule has 1 atom stereocenters. The number of methoxy groups -OCH3 is 1. The summed E-state index contributed by atoms with van der Waals surface area (Å²) in [6.07, 6.45) is 2.14. The number of nitrogens with zero attached hydrogens (tertiary/aromatic N) is 1. The molecule has 0 aliphatic heterocycles. The number of nitrogens with one attached hydrogen (secondary N) is 1. The first kappa shape index (κ1) is 15.7. The Hall–Kier alpha value is -2.14. The molecule has 1 aliphatic carbocycles. The van der Waals surface area contributed by atoms with Gasteiger partial charge >= 0.3 is 0 Å². The number of hydrogen-bond donors (Lipinski definition) is 2. The zero-order valence-electron chi connectivity index (χ0n) is 13.5. The second-order valence-corrected chi connectivity index (χ2v) is 6.10. The van der Waals surface area contributed by atoms with Crippen LogP contribution in [0.4, 0.5) is 0 Å². The van der Waals surface area contributed by atoms with Crippen LogP contribution < -0.4 is 10.1 Å². The number of pyridine rings is 1. The SMILES string of the molecule is CC[C@H](NC(=O)c1cc(OC)c2ccccc2n1)C1CC(O)C1. The van der Waals surface area contributed by atoms with Gasteiger partial charge in [-0.25, -0.2) is 4.98 Å². The largest absolute Gasteiger partial charge is 0.496 e. The number of aromatic nitrogens is 1. The van der Waals surface area contributed by atoms with Gasteiger partial charge < -0.3 is 15.2 Å². The molecule has 0 spiro atoms. The lowest BCUT2D eigenvalue weighted by Gasteiger charge is -2.37. The first-order valence-corrected chi connectivity index (χ1v) is 8.05. The fourth-order valence-corrected chi connectivity index (χ4v) is 3.18. The van der Waals surface area contributed by atoms with Crippen molar-refractivity contribution in [2.45, 2.75) is 38.3 Å². The maximum atomic E-state index is 12.6. The number of aliphatic hydroxyl groups excluding tert-OH is 1. The van der Waals surface area contributed by atoms with Crippen LogP contribution in [-0.4, -0.2) is 35.3 Å².